The molecule has 0 saturated heterocycles. The number of ether oxygens (including phenoxy) is 1. The molecule has 3 N–H and O–H groups in total. The molecule has 4 rings (SSSR count). The van der Waals surface area contributed by atoms with Crippen LogP contribution in [-0.4, -0.2) is 35.7 Å². The van der Waals surface area contributed by atoms with Crippen LogP contribution in [0.3, 0.4) is 0 Å². The summed E-state index contributed by atoms with van der Waals surface area (Å²) in [7, 11) is 0. The second-order valence-electron chi connectivity index (χ2n) is 8.89. The lowest BCUT2D eigenvalue weighted by Gasteiger charge is -2.19. The molecule has 0 spiro atoms. The Morgan fingerprint density at radius 2 is 1.46 bits per heavy atom. The summed E-state index contributed by atoms with van der Waals surface area (Å²) in [5.41, 5.74) is 5.95. The molecule has 1 aliphatic rings. The molecule has 0 bridgehead atoms. The van der Waals surface area contributed by atoms with E-state index in [1.807, 2.05) is 60.7 Å². The van der Waals surface area contributed by atoms with E-state index in [2.05, 4.69) is 24.5 Å². The zero-order valence-electron chi connectivity index (χ0n) is 19.7. The maximum absolute atomic E-state index is 12.7. The summed E-state index contributed by atoms with van der Waals surface area (Å²) < 4.78 is 5.47. The van der Waals surface area contributed by atoms with Gasteiger partial charge in [0.05, 0.1) is 6.42 Å². The minimum absolute atomic E-state index is 0.0674. The number of carbonyl (C=O) groups excluding carboxylic acids is 2. The number of rotatable bonds is 8. The third-order valence-electron chi connectivity index (χ3n) is 6.18. The van der Waals surface area contributed by atoms with E-state index < -0.39 is 30.4 Å². The summed E-state index contributed by atoms with van der Waals surface area (Å²) in [5.74, 6) is -1.63. The molecular weight excluding hydrogens is 444 g/mol. The van der Waals surface area contributed by atoms with Crippen molar-refractivity contribution in [1.29, 1.82) is 0 Å². The van der Waals surface area contributed by atoms with E-state index in [9.17, 15) is 19.5 Å². The summed E-state index contributed by atoms with van der Waals surface area (Å²) in [6.45, 7) is 4.20. The van der Waals surface area contributed by atoms with Crippen LogP contribution in [-0.2, 0) is 14.3 Å². The summed E-state index contributed by atoms with van der Waals surface area (Å²) in [6, 6.07) is 21.9. The van der Waals surface area contributed by atoms with Crippen LogP contribution < -0.4 is 10.6 Å². The summed E-state index contributed by atoms with van der Waals surface area (Å²) in [6.07, 6.45) is -1.41. The van der Waals surface area contributed by atoms with Crippen LogP contribution in [0.2, 0.25) is 0 Å². The van der Waals surface area contributed by atoms with Crippen LogP contribution in [0.5, 0.6) is 0 Å². The van der Waals surface area contributed by atoms with Gasteiger partial charge in [-0.3, -0.25) is 9.59 Å². The minimum atomic E-state index is -1.28. The van der Waals surface area contributed by atoms with Gasteiger partial charge in [-0.1, -0.05) is 74.5 Å². The van der Waals surface area contributed by atoms with Gasteiger partial charge < -0.3 is 20.5 Å². The Morgan fingerprint density at radius 1 is 0.886 bits per heavy atom. The molecule has 0 heterocycles. The number of fused-ring (bicyclic) bond motifs is 3. The Labute approximate surface area is 204 Å². The monoisotopic (exact) mass is 472 g/mol. The van der Waals surface area contributed by atoms with E-state index in [0.29, 0.717) is 11.6 Å². The molecule has 180 valence electrons. The van der Waals surface area contributed by atoms with Crippen molar-refractivity contribution in [1.82, 2.24) is 5.32 Å². The topological polar surface area (TPSA) is 105 Å². The molecule has 0 fully saturated rings. The molecule has 1 atom stereocenters. The Balaban J connectivity index is 1.41. The standard InChI is InChI=1S/C28H28N2O5/c1-17(2)18-11-13-19(14-12-18)29-27(33)25(15-26(31)32)30-28(34)35-16-24-22-9-5-3-7-20(22)21-8-4-6-10-23(21)24/h3-14,17,24-25H,15-16H2,1-2H3,(H,29,33)(H,30,34)(H,31,32). The van der Waals surface area contributed by atoms with Gasteiger partial charge in [-0.15, -0.1) is 0 Å². The van der Waals surface area contributed by atoms with Crippen LogP contribution >= 0.6 is 0 Å². The normalized spacial score (nSPS) is 13.0. The fourth-order valence-electron chi connectivity index (χ4n) is 4.35. The van der Waals surface area contributed by atoms with Gasteiger partial charge in [0.1, 0.15) is 12.6 Å². The average Bonchev–Trinajstić information content (AvgIpc) is 3.16. The van der Waals surface area contributed by atoms with Crippen LogP contribution in [0.15, 0.2) is 72.8 Å². The third kappa shape index (κ3) is 5.51. The van der Waals surface area contributed by atoms with E-state index in [4.69, 9.17) is 4.74 Å². The van der Waals surface area contributed by atoms with Crippen molar-refractivity contribution < 1.29 is 24.2 Å². The highest BCUT2D eigenvalue weighted by Crippen LogP contribution is 2.44. The molecule has 3 aromatic carbocycles. The molecule has 3 aromatic rings. The molecule has 7 nitrogen and oxygen atoms in total. The number of carboxylic acids is 1. The van der Waals surface area contributed by atoms with Crippen molar-refractivity contribution in [3.05, 3.63) is 89.5 Å². The number of aliphatic carboxylic acids is 1. The molecule has 0 saturated carbocycles. The first-order valence-electron chi connectivity index (χ1n) is 11.6. The number of benzene rings is 3. The molecular formula is C28H28N2O5. The van der Waals surface area contributed by atoms with Gasteiger partial charge in [-0.2, -0.15) is 0 Å². The number of hydrogen-bond acceptors (Lipinski definition) is 4. The van der Waals surface area contributed by atoms with Gasteiger partial charge in [0, 0.05) is 11.6 Å². The lowest BCUT2D eigenvalue weighted by Crippen LogP contribution is -2.45. The number of anilines is 1. The van der Waals surface area contributed by atoms with E-state index in [0.717, 1.165) is 27.8 Å². The van der Waals surface area contributed by atoms with Gasteiger partial charge in [-0.05, 0) is 45.9 Å². The maximum Gasteiger partial charge on any atom is 0.407 e. The number of carboxylic acid groups (broad SMARTS) is 1. The lowest BCUT2D eigenvalue weighted by atomic mass is 9.98. The van der Waals surface area contributed by atoms with Crippen molar-refractivity contribution in [2.24, 2.45) is 0 Å². The van der Waals surface area contributed by atoms with Gasteiger partial charge in [0.15, 0.2) is 0 Å². The number of amides is 2. The first-order chi connectivity index (χ1) is 16.8. The Morgan fingerprint density at radius 3 is 2.00 bits per heavy atom. The smallest absolute Gasteiger partial charge is 0.407 e. The largest absolute Gasteiger partial charge is 0.481 e. The molecule has 7 heteroatoms. The zero-order chi connectivity index (χ0) is 24.9. The van der Waals surface area contributed by atoms with Crippen molar-refractivity contribution in [2.45, 2.75) is 38.1 Å². The number of carbonyl (C=O) groups is 3. The fraction of sp³-hybridized carbons (Fsp3) is 0.250. The highest BCUT2D eigenvalue weighted by atomic mass is 16.5. The highest BCUT2D eigenvalue weighted by Gasteiger charge is 2.30. The Kier molecular flexibility index (Phi) is 7.15. The van der Waals surface area contributed by atoms with Gasteiger partial charge >= 0.3 is 12.1 Å². The highest BCUT2D eigenvalue weighted by molar-refractivity contribution is 5.98. The predicted octanol–water partition coefficient (Wildman–Crippen LogP) is 5.13. The number of hydrogen-bond donors (Lipinski definition) is 3. The second kappa shape index (κ2) is 10.4. The molecule has 0 aromatic heterocycles. The quantitative estimate of drug-likeness (QED) is 0.422. The second-order valence-corrected chi connectivity index (χ2v) is 8.89. The van der Waals surface area contributed by atoms with Crippen molar-refractivity contribution in [3.8, 4) is 11.1 Å². The van der Waals surface area contributed by atoms with Gasteiger partial charge in [0.2, 0.25) is 5.91 Å². The SMILES string of the molecule is CC(C)c1ccc(NC(=O)C(CC(=O)O)NC(=O)OCC2c3ccccc3-c3ccccc32)cc1. The van der Waals surface area contributed by atoms with Crippen LogP contribution in [0.1, 0.15) is 48.8 Å². The Hall–Kier alpha value is -4.13. The summed E-state index contributed by atoms with van der Waals surface area (Å²) in [4.78, 5) is 36.7. The van der Waals surface area contributed by atoms with Gasteiger partial charge in [0.25, 0.3) is 0 Å². The summed E-state index contributed by atoms with van der Waals surface area (Å²) >= 11 is 0. The molecule has 0 radical (unpaired) electrons. The van der Waals surface area contributed by atoms with E-state index in [1.165, 1.54) is 0 Å². The minimum Gasteiger partial charge on any atom is -0.481 e. The molecule has 0 aliphatic heterocycles. The van der Waals surface area contributed by atoms with Crippen LogP contribution in [0, 0.1) is 0 Å². The first kappa shape index (κ1) is 24.0. The molecule has 1 unspecified atom stereocenters. The zero-order valence-corrected chi connectivity index (χ0v) is 19.7. The van der Waals surface area contributed by atoms with E-state index >= 15 is 0 Å². The number of nitrogens with one attached hydrogen (secondary N) is 2. The van der Waals surface area contributed by atoms with E-state index in [-0.39, 0.29) is 12.5 Å². The molecule has 2 amide bonds. The average molecular weight is 473 g/mol. The lowest BCUT2D eigenvalue weighted by molar-refractivity contribution is -0.139. The Bertz CT molecular complexity index is 1190. The predicted molar refractivity (Wildman–Crippen MR) is 133 cm³/mol. The van der Waals surface area contributed by atoms with E-state index in [1.54, 1.807) is 12.1 Å². The first-order valence-corrected chi connectivity index (χ1v) is 11.6. The number of alkyl carbamates (subject to hydrolysis) is 1. The van der Waals surface area contributed by atoms with Crippen LogP contribution in [0.25, 0.3) is 11.1 Å². The molecule has 1 aliphatic carbocycles. The van der Waals surface area contributed by atoms with Crippen molar-refractivity contribution in [3.63, 3.8) is 0 Å². The molecule has 35 heavy (non-hydrogen) atoms. The fourth-order valence-corrected chi connectivity index (χ4v) is 4.35. The summed E-state index contributed by atoms with van der Waals surface area (Å²) in [5, 5.41) is 14.3. The van der Waals surface area contributed by atoms with Crippen LogP contribution in [0.4, 0.5) is 10.5 Å². The maximum atomic E-state index is 12.7. The van der Waals surface area contributed by atoms with Crippen molar-refractivity contribution in [2.75, 3.05) is 11.9 Å². The van der Waals surface area contributed by atoms with Gasteiger partial charge in [-0.25, -0.2) is 4.79 Å². The van der Waals surface area contributed by atoms with Crippen molar-refractivity contribution >= 4 is 23.7 Å². The third-order valence-corrected chi connectivity index (χ3v) is 6.18.